The first-order valence-electron chi connectivity index (χ1n) is 13.3. The minimum absolute atomic E-state index is 0.757. The molecule has 37 heavy (non-hydrogen) atoms. The van der Waals surface area contributed by atoms with Gasteiger partial charge in [0, 0.05) is 5.57 Å². The largest absolute Gasteiger partial charge is 0.411 e. The Labute approximate surface area is 229 Å². The molecular weight excluding hydrogens is 465 g/mol. The van der Waals surface area contributed by atoms with Gasteiger partial charge in [-0.3, -0.25) is 0 Å². The molecule has 0 aromatic heterocycles. The summed E-state index contributed by atoms with van der Waals surface area (Å²) in [5, 5.41) is 0. The molecule has 2 aliphatic carbocycles. The second-order valence-electron chi connectivity index (χ2n) is 7.92. The molecule has 0 aliphatic heterocycles. The fourth-order valence-corrected chi connectivity index (χ4v) is 2.31. The van der Waals surface area contributed by atoms with Gasteiger partial charge in [0.1, 0.15) is 0 Å². The standard InChI is InChI=1S/C8H8.C7H10.C4H5F3.2C4H8.C3H6.2C2H6/c1-2-8-6-4-3-5-7-8;1-2-7-4-3-6(1)5-7;1-3(2)4(5,6)7;1-4(2)3;1-3-4-2;1-3-2;2*1-2/h2-7H,1H2;1-2,6-7H,3-5H2;1H2,2H3;1H2,2-3H3;3H,1,4H2,2H3;3H,1H2,2H3;2*1-2H3. The van der Waals surface area contributed by atoms with Crippen molar-refractivity contribution in [2.24, 2.45) is 11.8 Å². The number of halogens is 3. The maximum Gasteiger partial charge on any atom is 0.411 e. The first-order valence-corrected chi connectivity index (χ1v) is 13.3. The molecule has 1 fully saturated rings. The van der Waals surface area contributed by atoms with Gasteiger partial charge in [-0.25, -0.2) is 0 Å². The van der Waals surface area contributed by atoms with Crippen LogP contribution in [-0.4, -0.2) is 6.18 Å². The van der Waals surface area contributed by atoms with E-state index in [-0.39, 0.29) is 0 Å². The van der Waals surface area contributed by atoms with Gasteiger partial charge in [-0.1, -0.05) is 114 Å². The van der Waals surface area contributed by atoms with Gasteiger partial charge in [-0.05, 0) is 70.8 Å². The molecule has 2 unspecified atom stereocenters. The predicted molar refractivity (Wildman–Crippen MR) is 167 cm³/mol. The molecule has 0 N–H and O–H groups in total. The lowest BCUT2D eigenvalue weighted by molar-refractivity contribution is -0.0909. The van der Waals surface area contributed by atoms with Crippen molar-refractivity contribution in [2.75, 3.05) is 0 Å². The van der Waals surface area contributed by atoms with Crippen LogP contribution in [0.3, 0.4) is 0 Å². The summed E-state index contributed by atoms with van der Waals surface area (Å²) in [5.74, 6) is 1.98. The maximum absolute atomic E-state index is 11.1. The molecule has 0 spiro atoms. The molecule has 3 heteroatoms. The zero-order valence-corrected chi connectivity index (χ0v) is 25.4. The minimum atomic E-state index is -4.19. The molecule has 0 radical (unpaired) electrons. The Bertz CT molecular complexity index is 663. The Morgan fingerprint density at radius 3 is 1.27 bits per heavy atom. The third kappa shape index (κ3) is 40.9. The average molecular weight is 523 g/mol. The fourth-order valence-electron chi connectivity index (χ4n) is 2.31. The van der Waals surface area contributed by atoms with Gasteiger partial charge >= 0.3 is 6.18 Å². The van der Waals surface area contributed by atoms with Crippen molar-refractivity contribution in [1.29, 1.82) is 0 Å². The molecule has 0 amide bonds. The third-order valence-corrected chi connectivity index (χ3v) is 3.98. The van der Waals surface area contributed by atoms with Crippen LogP contribution in [0.25, 0.3) is 6.08 Å². The number of hydrogen-bond donors (Lipinski definition) is 0. The fraction of sp³-hybridized carbons (Fsp3) is 0.471. The summed E-state index contributed by atoms with van der Waals surface area (Å²) >= 11 is 0. The molecule has 1 saturated carbocycles. The van der Waals surface area contributed by atoms with Gasteiger partial charge in [-0.15, -0.1) is 19.7 Å². The number of benzene rings is 1. The van der Waals surface area contributed by atoms with E-state index in [4.69, 9.17) is 0 Å². The molecule has 3 rings (SSSR count). The van der Waals surface area contributed by atoms with Crippen molar-refractivity contribution in [3.8, 4) is 0 Å². The third-order valence-electron chi connectivity index (χ3n) is 3.98. The Hall–Kier alpha value is -2.55. The van der Waals surface area contributed by atoms with E-state index in [1.807, 2.05) is 91.0 Å². The molecule has 2 bridgehead atoms. The van der Waals surface area contributed by atoms with Crippen molar-refractivity contribution in [2.45, 2.75) is 94.2 Å². The predicted octanol–water partition coefficient (Wildman–Crippen LogP) is 12.8. The van der Waals surface area contributed by atoms with Crippen molar-refractivity contribution >= 4 is 6.08 Å². The van der Waals surface area contributed by atoms with Crippen LogP contribution in [0.4, 0.5) is 13.2 Å². The molecule has 0 nitrogen and oxygen atoms in total. The highest BCUT2D eigenvalue weighted by atomic mass is 19.4. The quantitative estimate of drug-likeness (QED) is 0.339. The van der Waals surface area contributed by atoms with Crippen molar-refractivity contribution in [3.63, 3.8) is 0 Å². The van der Waals surface area contributed by atoms with Gasteiger partial charge in [-0.2, -0.15) is 13.2 Å². The number of allylic oxidation sites excluding steroid dienone is 6. The zero-order chi connectivity index (χ0) is 30.3. The van der Waals surface area contributed by atoms with Crippen molar-refractivity contribution in [1.82, 2.24) is 0 Å². The topological polar surface area (TPSA) is 0 Å². The van der Waals surface area contributed by atoms with Crippen LogP contribution in [0.2, 0.25) is 0 Å². The first-order chi connectivity index (χ1) is 17.4. The average Bonchev–Trinajstić information content (AvgIpc) is 3.54. The smallest absolute Gasteiger partial charge is 0.167 e. The van der Waals surface area contributed by atoms with E-state index in [1.54, 1.807) is 6.08 Å². The van der Waals surface area contributed by atoms with Gasteiger partial charge < -0.3 is 0 Å². The second kappa shape index (κ2) is 33.4. The Morgan fingerprint density at radius 1 is 0.865 bits per heavy atom. The first kappa shape index (κ1) is 44.4. The van der Waals surface area contributed by atoms with E-state index in [9.17, 15) is 13.2 Å². The normalized spacial score (nSPS) is 14.7. The lowest BCUT2D eigenvalue weighted by Crippen LogP contribution is -2.06. The van der Waals surface area contributed by atoms with E-state index in [0.29, 0.717) is 0 Å². The number of rotatable bonds is 2. The van der Waals surface area contributed by atoms with Crippen LogP contribution in [-0.2, 0) is 0 Å². The molecule has 0 saturated heterocycles. The summed E-state index contributed by atoms with van der Waals surface area (Å²) in [5.41, 5.74) is 1.58. The van der Waals surface area contributed by atoms with E-state index < -0.39 is 11.7 Å². The minimum Gasteiger partial charge on any atom is -0.167 e. The molecule has 1 aromatic rings. The lowest BCUT2D eigenvalue weighted by Gasteiger charge is -2.01. The monoisotopic (exact) mass is 522 g/mol. The Morgan fingerprint density at radius 2 is 1.16 bits per heavy atom. The molecular formula is C34H57F3. The van der Waals surface area contributed by atoms with E-state index in [1.165, 1.54) is 30.4 Å². The highest BCUT2D eigenvalue weighted by Crippen LogP contribution is 2.38. The van der Waals surface area contributed by atoms with Gasteiger partial charge in [0.25, 0.3) is 0 Å². The summed E-state index contributed by atoms with van der Waals surface area (Å²) in [6.45, 7) is 33.6. The SMILES string of the molecule is C1=CC2CCC1C2.C=C(C)C.C=C(C)C(F)(F)F.C=CC.C=CCC.C=Cc1ccccc1.CC.CC. The van der Waals surface area contributed by atoms with Gasteiger partial charge in [0.05, 0.1) is 0 Å². The number of alkyl halides is 3. The summed E-state index contributed by atoms with van der Waals surface area (Å²) in [7, 11) is 0. The van der Waals surface area contributed by atoms with Crippen LogP contribution in [0.5, 0.6) is 0 Å². The summed E-state index contributed by atoms with van der Waals surface area (Å²) < 4.78 is 33.2. The van der Waals surface area contributed by atoms with E-state index >= 15 is 0 Å². The Balaban J connectivity index is -0.000000111. The lowest BCUT2D eigenvalue weighted by atomic mass is 10.1. The number of fused-ring (bicyclic) bond motifs is 2. The van der Waals surface area contributed by atoms with Crippen LogP contribution < -0.4 is 0 Å². The zero-order valence-electron chi connectivity index (χ0n) is 25.4. The van der Waals surface area contributed by atoms with Gasteiger partial charge in [0.2, 0.25) is 0 Å². The number of hydrogen-bond acceptors (Lipinski definition) is 0. The molecule has 214 valence electrons. The van der Waals surface area contributed by atoms with Crippen LogP contribution in [0.15, 0.2) is 98.7 Å². The van der Waals surface area contributed by atoms with E-state index in [0.717, 1.165) is 25.2 Å². The maximum atomic E-state index is 11.1. The molecule has 2 aliphatic rings. The van der Waals surface area contributed by atoms with Crippen LogP contribution in [0.1, 0.15) is 93.6 Å². The van der Waals surface area contributed by atoms with E-state index in [2.05, 4.69) is 52.0 Å². The highest BCUT2D eigenvalue weighted by Gasteiger charge is 2.27. The van der Waals surface area contributed by atoms with Crippen LogP contribution in [0, 0.1) is 11.8 Å². The van der Waals surface area contributed by atoms with Crippen molar-refractivity contribution < 1.29 is 13.2 Å². The molecule has 1 aromatic carbocycles. The molecule has 0 heterocycles. The second-order valence-corrected chi connectivity index (χ2v) is 7.92. The van der Waals surface area contributed by atoms with Gasteiger partial charge in [0.15, 0.2) is 0 Å². The van der Waals surface area contributed by atoms with Crippen LogP contribution >= 0.6 is 0 Å². The summed E-state index contributed by atoms with van der Waals surface area (Å²) in [6, 6.07) is 10.0. The highest BCUT2D eigenvalue weighted by molar-refractivity contribution is 5.45. The summed E-state index contributed by atoms with van der Waals surface area (Å²) in [6.07, 6.45) is 11.5. The van der Waals surface area contributed by atoms with Crippen molar-refractivity contribution in [3.05, 3.63) is 104 Å². The molecule has 2 atom stereocenters. The summed E-state index contributed by atoms with van der Waals surface area (Å²) in [4.78, 5) is 0. The Kier molecular flexibility index (Phi) is 40.2.